The lowest BCUT2D eigenvalue weighted by atomic mass is 10.1. The summed E-state index contributed by atoms with van der Waals surface area (Å²) >= 11 is 0. The summed E-state index contributed by atoms with van der Waals surface area (Å²) in [6.45, 7) is 0.424. The van der Waals surface area contributed by atoms with E-state index < -0.39 is 17.7 Å². The SMILES string of the molecule is N#Cc1c2c(n(Cc3cccc(C(F)(F)F)c3)c1C(=O)O)CCOC2. The van der Waals surface area contributed by atoms with Crippen LogP contribution in [0.15, 0.2) is 24.3 Å². The van der Waals surface area contributed by atoms with Gasteiger partial charge in [-0.3, -0.25) is 0 Å². The summed E-state index contributed by atoms with van der Waals surface area (Å²) in [4.78, 5) is 11.6. The smallest absolute Gasteiger partial charge is 0.416 e. The van der Waals surface area contributed by atoms with Crippen LogP contribution in [0, 0.1) is 11.3 Å². The Bertz CT molecular complexity index is 878. The van der Waals surface area contributed by atoms with E-state index in [-0.39, 0.29) is 24.4 Å². The Hall–Kier alpha value is -2.79. The maximum absolute atomic E-state index is 12.9. The predicted molar refractivity (Wildman–Crippen MR) is 80.0 cm³/mol. The van der Waals surface area contributed by atoms with Crippen LogP contribution in [0.1, 0.15) is 38.4 Å². The molecule has 0 radical (unpaired) electrons. The molecule has 8 heteroatoms. The fourth-order valence-corrected chi connectivity index (χ4v) is 3.05. The van der Waals surface area contributed by atoms with Crippen molar-refractivity contribution in [1.82, 2.24) is 4.57 Å². The van der Waals surface area contributed by atoms with E-state index in [0.717, 1.165) is 12.1 Å². The van der Waals surface area contributed by atoms with Crippen LogP contribution in [0.3, 0.4) is 0 Å². The van der Waals surface area contributed by atoms with Crippen LogP contribution in [0.2, 0.25) is 0 Å². The molecule has 0 amide bonds. The normalized spacial score (nSPS) is 14.0. The zero-order valence-electron chi connectivity index (χ0n) is 12.9. The van der Waals surface area contributed by atoms with E-state index in [1.54, 1.807) is 0 Å². The first kappa shape index (κ1) is 17.0. The maximum atomic E-state index is 12.9. The lowest BCUT2D eigenvalue weighted by Crippen LogP contribution is -2.17. The Kier molecular flexibility index (Phi) is 4.27. The second kappa shape index (κ2) is 6.26. The molecule has 0 fully saturated rings. The Morgan fingerprint density at radius 1 is 1.40 bits per heavy atom. The highest BCUT2D eigenvalue weighted by molar-refractivity contribution is 5.90. The summed E-state index contributed by atoms with van der Waals surface area (Å²) in [5, 5.41) is 18.8. The standard InChI is InChI=1S/C17H13F3N2O3/c18-17(19,20)11-3-1-2-10(6-11)8-22-14-4-5-25-9-13(14)12(7-21)15(22)16(23)24/h1-3,6H,4-5,8-9H2,(H,23,24). The van der Waals surface area contributed by atoms with Gasteiger partial charge >= 0.3 is 12.1 Å². The van der Waals surface area contributed by atoms with E-state index in [2.05, 4.69) is 0 Å². The first-order chi connectivity index (χ1) is 11.8. The molecule has 2 heterocycles. The highest BCUT2D eigenvalue weighted by atomic mass is 19.4. The lowest BCUT2D eigenvalue weighted by Gasteiger charge is -2.17. The number of halogens is 3. The van der Waals surface area contributed by atoms with Gasteiger partial charge in [-0.15, -0.1) is 0 Å². The third-order valence-electron chi connectivity index (χ3n) is 4.12. The summed E-state index contributed by atoms with van der Waals surface area (Å²) in [7, 11) is 0. The van der Waals surface area contributed by atoms with Crippen molar-refractivity contribution in [1.29, 1.82) is 5.26 Å². The molecule has 0 saturated carbocycles. The van der Waals surface area contributed by atoms with Crippen molar-refractivity contribution in [2.45, 2.75) is 25.7 Å². The fourth-order valence-electron chi connectivity index (χ4n) is 3.05. The van der Waals surface area contributed by atoms with Crippen LogP contribution in [-0.4, -0.2) is 22.2 Å². The minimum atomic E-state index is -4.48. The number of carboxylic acids is 1. The Morgan fingerprint density at radius 2 is 2.16 bits per heavy atom. The number of fused-ring (bicyclic) bond motifs is 1. The number of ether oxygens (including phenoxy) is 1. The van der Waals surface area contributed by atoms with Gasteiger partial charge < -0.3 is 14.4 Å². The lowest BCUT2D eigenvalue weighted by molar-refractivity contribution is -0.137. The molecule has 1 aromatic heterocycles. The molecule has 1 aliphatic rings. The molecule has 0 atom stereocenters. The number of aromatic carboxylic acids is 1. The first-order valence-electron chi connectivity index (χ1n) is 7.44. The van der Waals surface area contributed by atoms with E-state index >= 15 is 0 Å². The van der Waals surface area contributed by atoms with E-state index in [0.29, 0.717) is 29.8 Å². The average molecular weight is 350 g/mol. The second-order valence-corrected chi connectivity index (χ2v) is 5.65. The van der Waals surface area contributed by atoms with Crippen LogP contribution < -0.4 is 0 Å². The number of nitrogens with zero attached hydrogens (tertiary/aromatic N) is 2. The topological polar surface area (TPSA) is 75.2 Å². The summed E-state index contributed by atoms with van der Waals surface area (Å²) in [5.74, 6) is -1.29. The highest BCUT2D eigenvalue weighted by Crippen LogP contribution is 2.31. The Morgan fingerprint density at radius 3 is 2.80 bits per heavy atom. The molecule has 2 aromatic rings. The van der Waals surface area contributed by atoms with Crippen LogP contribution in [0.25, 0.3) is 0 Å². The van der Waals surface area contributed by atoms with E-state index in [1.165, 1.54) is 16.7 Å². The predicted octanol–water partition coefficient (Wildman–Crippen LogP) is 3.20. The zero-order valence-corrected chi connectivity index (χ0v) is 12.9. The number of nitriles is 1. The summed E-state index contributed by atoms with van der Waals surface area (Å²) in [5.41, 5.74) is 0.429. The van der Waals surface area contributed by atoms with Gasteiger partial charge in [-0.1, -0.05) is 12.1 Å². The monoisotopic (exact) mass is 350 g/mol. The molecular weight excluding hydrogens is 337 g/mol. The number of carboxylic acid groups (broad SMARTS) is 1. The number of hydrogen-bond donors (Lipinski definition) is 1. The Labute approximate surface area is 140 Å². The largest absolute Gasteiger partial charge is 0.477 e. The molecular formula is C17H13F3N2O3. The van der Waals surface area contributed by atoms with Crippen LogP contribution in [0.4, 0.5) is 13.2 Å². The molecule has 1 aliphatic heterocycles. The molecule has 3 rings (SSSR count). The molecule has 0 unspecified atom stereocenters. The van der Waals surface area contributed by atoms with Crippen LogP contribution in [0.5, 0.6) is 0 Å². The van der Waals surface area contributed by atoms with Crippen molar-refractivity contribution < 1.29 is 27.8 Å². The van der Waals surface area contributed by atoms with E-state index in [9.17, 15) is 28.3 Å². The van der Waals surface area contributed by atoms with Gasteiger partial charge in [0.05, 0.1) is 24.3 Å². The number of carbonyl (C=O) groups is 1. The van der Waals surface area contributed by atoms with Crippen molar-refractivity contribution in [3.63, 3.8) is 0 Å². The van der Waals surface area contributed by atoms with Gasteiger partial charge in [-0.05, 0) is 17.7 Å². The molecule has 0 saturated heterocycles. The van der Waals surface area contributed by atoms with Crippen molar-refractivity contribution in [3.8, 4) is 6.07 Å². The van der Waals surface area contributed by atoms with Crippen molar-refractivity contribution >= 4 is 5.97 Å². The van der Waals surface area contributed by atoms with Gasteiger partial charge in [0.25, 0.3) is 0 Å². The summed E-state index contributed by atoms with van der Waals surface area (Å²) in [6.07, 6.45) is -4.08. The average Bonchev–Trinajstić information content (AvgIpc) is 2.88. The summed E-state index contributed by atoms with van der Waals surface area (Å²) < 4.78 is 45.4. The first-order valence-corrected chi connectivity index (χ1v) is 7.44. The molecule has 130 valence electrons. The molecule has 0 spiro atoms. The Balaban J connectivity index is 2.11. The zero-order chi connectivity index (χ0) is 18.2. The third-order valence-corrected chi connectivity index (χ3v) is 4.12. The van der Waals surface area contributed by atoms with Gasteiger partial charge in [-0.2, -0.15) is 18.4 Å². The molecule has 0 bridgehead atoms. The molecule has 1 aromatic carbocycles. The number of alkyl halides is 3. The number of rotatable bonds is 3. The molecule has 1 N–H and O–H groups in total. The van der Waals surface area contributed by atoms with Gasteiger partial charge in [0.1, 0.15) is 11.8 Å². The van der Waals surface area contributed by atoms with Gasteiger partial charge in [0.2, 0.25) is 0 Å². The number of aromatic nitrogens is 1. The quantitative estimate of drug-likeness (QED) is 0.922. The third kappa shape index (κ3) is 3.10. The maximum Gasteiger partial charge on any atom is 0.416 e. The number of hydrogen-bond acceptors (Lipinski definition) is 3. The van der Waals surface area contributed by atoms with Gasteiger partial charge in [-0.25, -0.2) is 4.79 Å². The minimum Gasteiger partial charge on any atom is -0.477 e. The van der Waals surface area contributed by atoms with Gasteiger partial charge in [0, 0.05) is 24.2 Å². The van der Waals surface area contributed by atoms with Crippen LogP contribution in [-0.2, 0) is 30.5 Å². The van der Waals surface area contributed by atoms with Crippen molar-refractivity contribution in [2.75, 3.05) is 6.61 Å². The van der Waals surface area contributed by atoms with E-state index in [4.69, 9.17) is 4.74 Å². The highest BCUT2D eigenvalue weighted by Gasteiger charge is 2.31. The second-order valence-electron chi connectivity index (χ2n) is 5.65. The molecule has 5 nitrogen and oxygen atoms in total. The van der Waals surface area contributed by atoms with E-state index in [1.807, 2.05) is 6.07 Å². The van der Waals surface area contributed by atoms with Crippen molar-refractivity contribution in [3.05, 3.63) is 57.9 Å². The van der Waals surface area contributed by atoms with Crippen molar-refractivity contribution in [2.24, 2.45) is 0 Å². The fraction of sp³-hybridized carbons (Fsp3) is 0.294. The van der Waals surface area contributed by atoms with Gasteiger partial charge in [0.15, 0.2) is 0 Å². The molecule has 25 heavy (non-hydrogen) atoms. The number of benzene rings is 1. The molecule has 0 aliphatic carbocycles. The van der Waals surface area contributed by atoms with Crippen LogP contribution >= 0.6 is 0 Å². The minimum absolute atomic E-state index is 0.00850. The summed E-state index contributed by atoms with van der Waals surface area (Å²) in [6, 6.07) is 6.61.